The van der Waals surface area contributed by atoms with E-state index in [1.54, 1.807) is 54.6 Å². The van der Waals surface area contributed by atoms with Crippen molar-refractivity contribution in [3.05, 3.63) is 82.9 Å². The van der Waals surface area contributed by atoms with E-state index in [0.717, 1.165) is 22.3 Å². The summed E-state index contributed by atoms with van der Waals surface area (Å²) in [7, 11) is -2.19. The number of rotatable bonds is 4. The second-order valence-electron chi connectivity index (χ2n) is 6.77. The summed E-state index contributed by atoms with van der Waals surface area (Å²) in [6.45, 7) is 3.82. The van der Waals surface area contributed by atoms with Gasteiger partial charge in [0.2, 0.25) is 0 Å². The average molecular weight is 401 g/mol. The van der Waals surface area contributed by atoms with Gasteiger partial charge in [0, 0.05) is 7.05 Å². The number of hydrogen-bond donors (Lipinski definition) is 0. The molecule has 3 rings (SSSR count). The van der Waals surface area contributed by atoms with Crippen LogP contribution in [-0.4, -0.2) is 15.5 Å². The fraction of sp³-hybridized carbons (Fsp3) is 0.130. The zero-order valence-electron chi connectivity index (χ0n) is 16.3. The summed E-state index contributed by atoms with van der Waals surface area (Å²) >= 11 is 0. The molecule has 0 radical (unpaired) electrons. The molecule has 0 unspecified atom stereocenters. The summed E-state index contributed by atoms with van der Waals surface area (Å²) in [6, 6.07) is 21.1. The van der Waals surface area contributed by atoms with Crippen molar-refractivity contribution in [1.82, 2.24) is 0 Å². The van der Waals surface area contributed by atoms with Crippen LogP contribution in [0, 0.1) is 36.5 Å². The van der Waals surface area contributed by atoms with E-state index in [4.69, 9.17) is 5.26 Å². The number of aryl methyl sites for hydroxylation is 2. The van der Waals surface area contributed by atoms with Crippen molar-refractivity contribution in [2.24, 2.45) is 0 Å². The highest BCUT2D eigenvalue weighted by molar-refractivity contribution is 7.92. The predicted molar refractivity (Wildman–Crippen MR) is 113 cm³/mol. The largest absolute Gasteiger partial charge is 0.269 e. The molecule has 0 aliphatic rings. The van der Waals surface area contributed by atoms with E-state index >= 15 is 0 Å². The first-order valence-electron chi connectivity index (χ1n) is 8.89. The molecule has 0 spiro atoms. The Bertz CT molecular complexity index is 1260. The van der Waals surface area contributed by atoms with Crippen molar-refractivity contribution < 1.29 is 8.42 Å². The van der Waals surface area contributed by atoms with E-state index in [0.29, 0.717) is 11.3 Å². The Hall–Kier alpha value is -3.61. The minimum atomic E-state index is -3.71. The maximum Gasteiger partial charge on any atom is 0.264 e. The molecule has 0 bridgehead atoms. The molecule has 5 nitrogen and oxygen atoms in total. The maximum atomic E-state index is 13.0. The van der Waals surface area contributed by atoms with Gasteiger partial charge in [-0.1, -0.05) is 29.8 Å². The van der Waals surface area contributed by atoms with E-state index in [-0.39, 0.29) is 10.5 Å². The molecule has 0 fully saturated rings. The van der Waals surface area contributed by atoms with Gasteiger partial charge in [0.15, 0.2) is 0 Å². The molecule has 144 valence electrons. The topological polar surface area (TPSA) is 85.0 Å². The molecular weight excluding hydrogens is 382 g/mol. The number of sulfonamides is 1. The van der Waals surface area contributed by atoms with E-state index in [1.807, 2.05) is 32.1 Å². The lowest BCUT2D eigenvalue weighted by atomic mass is 9.96. The van der Waals surface area contributed by atoms with Crippen LogP contribution in [0.1, 0.15) is 22.3 Å². The molecular formula is C23H19N3O2S. The van der Waals surface area contributed by atoms with Crippen molar-refractivity contribution in [2.75, 3.05) is 11.4 Å². The van der Waals surface area contributed by atoms with Crippen molar-refractivity contribution >= 4 is 15.7 Å². The fourth-order valence-electron chi connectivity index (χ4n) is 3.03. The second kappa shape index (κ2) is 7.79. The summed E-state index contributed by atoms with van der Waals surface area (Å²) in [5.74, 6) is 0. The molecule has 3 aromatic carbocycles. The highest BCUT2D eigenvalue weighted by Gasteiger charge is 2.22. The third kappa shape index (κ3) is 3.85. The molecule has 0 amide bonds. The van der Waals surface area contributed by atoms with Gasteiger partial charge < -0.3 is 0 Å². The Morgan fingerprint density at radius 2 is 1.48 bits per heavy atom. The predicted octanol–water partition coefficient (Wildman–Crippen LogP) is 4.54. The lowest BCUT2D eigenvalue weighted by Crippen LogP contribution is -2.26. The van der Waals surface area contributed by atoms with Gasteiger partial charge >= 0.3 is 0 Å². The molecule has 0 N–H and O–H groups in total. The highest BCUT2D eigenvalue weighted by Crippen LogP contribution is 2.31. The lowest BCUT2D eigenvalue weighted by Gasteiger charge is -2.21. The van der Waals surface area contributed by atoms with Crippen LogP contribution in [0.25, 0.3) is 11.1 Å². The van der Waals surface area contributed by atoms with Gasteiger partial charge in [-0.2, -0.15) is 10.5 Å². The second-order valence-corrected chi connectivity index (χ2v) is 8.74. The van der Waals surface area contributed by atoms with E-state index in [2.05, 4.69) is 0 Å². The van der Waals surface area contributed by atoms with Gasteiger partial charge in [-0.05, 0) is 66.9 Å². The molecule has 6 heteroatoms. The van der Waals surface area contributed by atoms with E-state index in [9.17, 15) is 13.7 Å². The zero-order chi connectivity index (χ0) is 21.2. The van der Waals surface area contributed by atoms with Crippen molar-refractivity contribution in [2.45, 2.75) is 18.7 Å². The Labute approximate surface area is 171 Å². The lowest BCUT2D eigenvalue weighted by molar-refractivity contribution is 0.594. The number of nitrogens with zero attached hydrogens (tertiary/aromatic N) is 3. The third-order valence-corrected chi connectivity index (χ3v) is 6.64. The van der Waals surface area contributed by atoms with Crippen LogP contribution in [0.3, 0.4) is 0 Å². The van der Waals surface area contributed by atoms with Gasteiger partial charge in [0.05, 0.1) is 21.7 Å². The summed E-state index contributed by atoms with van der Waals surface area (Å²) < 4.78 is 27.3. The van der Waals surface area contributed by atoms with Crippen LogP contribution in [0.2, 0.25) is 0 Å². The molecule has 0 aliphatic carbocycles. The Kier molecular flexibility index (Phi) is 5.41. The van der Waals surface area contributed by atoms with Gasteiger partial charge in [-0.15, -0.1) is 0 Å². The normalized spacial score (nSPS) is 10.8. The first-order chi connectivity index (χ1) is 13.8. The average Bonchev–Trinajstić information content (AvgIpc) is 2.73. The fourth-order valence-corrected chi connectivity index (χ4v) is 4.21. The van der Waals surface area contributed by atoms with Crippen LogP contribution in [0.5, 0.6) is 0 Å². The molecule has 0 saturated carbocycles. The van der Waals surface area contributed by atoms with Crippen LogP contribution in [0.4, 0.5) is 5.69 Å². The summed E-state index contributed by atoms with van der Waals surface area (Å²) in [4.78, 5) is 0.220. The Morgan fingerprint density at radius 3 is 2.10 bits per heavy atom. The van der Waals surface area contributed by atoms with Crippen LogP contribution in [0.15, 0.2) is 65.6 Å². The highest BCUT2D eigenvalue weighted by atomic mass is 32.2. The maximum absolute atomic E-state index is 13.0. The molecule has 0 aliphatic heterocycles. The molecule has 0 atom stereocenters. The van der Waals surface area contributed by atoms with Gasteiger partial charge in [-0.3, -0.25) is 4.31 Å². The number of benzene rings is 3. The molecule has 0 heterocycles. The van der Waals surface area contributed by atoms with Crippen molar-refractivity contribution in [3.63, 3.8) is 0 Å². The molecule has 3 aromatic rings. The summed E-state index contributed by atoms with van der Waals surface area (Å²) in [5.41, 5.74) is 4.57. The molecule has 0 saturated heterocycles. The SMILES string of the molecule is Cc1ccc(S(=O)(=O)N(C)c2ccc(C)c(-c3ccc(C#N)c(C#N)c3)c2)cc1. The van der Waals surface area contributed by atoms with Gasteiger partial charge in [0.1, 0.15) is 12.1 Å². The summed E-state index contributed by atoms with van der Waals surface area (Å²) in [6.07, 6.45) is 0. The number of anilines is 1. The standard InChI is InChI=1S/C23H19N3O2S/c1-16-4-10-22(11-5-16)29(27,28)26(3)21-9-6-17(2)23(13-21)18-7-8-19(14-24)20(12-18)15-25/h4-13H,1-3H3. The van der Waals surface area contributed by atoms with Crippen molar-refractivity contribution in [3.8, 4) is 23.3 Å². The van der Waals surface area contributed by atoms with Crippen LogP contribution in [-0.2, 0) is 10.0 Å². The van der Waals surface area contributed by atoms with Gasteiger partial charge in [0.25, 0.3) is 10.0 Å². The molecule has 0 aromatic heterocycles. The Balaban J connectivity index is 2.07. The van der Waals surface area contributed by atoms with Gasteiger partial charge in [-0.25, -0.2) is 8.42 Å². The quantitative estimate of drug-likeness (QED) is 0.642. The summed E-state index contributed by atoms with van der Waals surface area (Å²) in [5, 5.41) is 18.4. The smallest absolute Gasteiger partial charge is 0.264 e. The monoisotopic (exact) mass is 401 g/mol. The first kappa shape index (κ1) is 20.1. The van der Waals surface area contributed by atoms with E-state index < -0.39 is 10.0 Å². The Morgan fingerprint density at radius 1 is 0.828 bits per heavy atom. The minimum Gasteiger partial charge on any atom is -0.269 e. The zero-order valence-corrected chi connectivity index (χ0v) is 17.2. The minimum absolute atomic E-state index is 0.220. The van der Waals surface area contributed by atoms with Crippen molar-refractivity contribution in [1.29, 1.82) is 10.5 Å². The third-order valence-electron chi connectivity index (χ3n) is 4.84. The van der Waals surface area contributed by atoms with E-state index in [1.165, 1.54) is 11.4 Å². The number of nitriles is 2. The molecule has 29 heavy (non-hydrogen) atoms. The van der Waals surface area contributed by atoms with Crippen LogP contribution < -0.4 is 4.31 Å². The van der Waals surface area contributed by atoms with Crippen LogP contribution >= 0.6 is 0 Å². The number of hydrogen-bond acceptors (Lipinski definition) is 4. The first-order valence-corrected chi connectivity index (χ1v) is 10.3.